The Labute approximate surface area is 164 Å². The molecule has 2 rings (SSSR count). The van der Waals surface area contributed by atoms with Crippen molar-refractivity contribution in [1.82, 2.24) is 9.73 Å². The highest BCUT2D eigenvalue weighted by atomic mass is 32.2. The molecule has 28 heavy (non-hydrogen) atoms. The zero-order valence-corrected chi connectivity index (χ0v) is 16.5. The van der Waals surface area contributed by atoms with Crippen LogP contribution < -0.4 is 10.2 Å². The summed E-state index contributed by atoms with van der Waals surface area (Å²) in [6.07, 6.45) is 0. The second-order valence-electron chi connectivity index (χ2n) is 5.94. The van der Waals surface area contributed by atoms with Gasteiger partial charge in [0.15, 0.2) is 6.61 Å². The molecule has 0 saturated heterocycles. The molecule has 0 fully saturated rings. The van der Waals surface area contributed by atoms with E-state index in [0.29, 0.717) is 22.6 Å². The van der Waals surface area contributed by atoms with Crippen molar-refractivity contribution in [2.24, 2.45) is 5.10 Å². The predicted molar refractivity (Wildman–Crippen MR) is 104 cm³/mol. The first-order valence-electron chi connectivity index (χ1n) is 8.23. The van der Waals surface area contributed by atoms with Gasteiger partial charge in [-0.3, -0.25) is 4.79 Å². The van der Waals surface area contributed by atoms with Crippen molar-refractivity contribution in [3.63, 3.8) is 0 Å². The van der Waals surface area contributed by atoms with E-state index in [1.54, 1.807) is 43.3 Å². The minimum absolute atomic E-state index is 0.169. The van der Waals surface area contributed by atoms with Crippen LogP contribution in [0.1, 0.15) is 18.1 Å². The van der Waals surface area contributed by atoms with Crippen LogP contribution in [0.4, 0.5) is 0 Å². The van der Waals surface area contributed by atoms with E-state index in [2.05, 4.69) is 10.5 Å². The number of hydrogen-bond donors (Lipinski definition) is 1. The first-order chi connectivity index (χ1) is 13.3. The normalized spacial score (nSPS) is 11.8. The average molecular weight is 400 g/mol. The first kappa shape index (κ1) is 21.1. The summed E-state index contributed by atoms with van der Waals surface area (Å²) in [4.78, 5) is 12.1. The Hall–Kier alpha value is -3.22. The predicted octanol–water partition coefficient (Wildman–Crippen LogP) is 1.73. The number of amides is 1. The number of hydrogen-bond acceptors (Lipinski definition) is 6. The zero-order valence-electron chi connectivity index (χ0n) is 15.7. The van der Waals surface area contributed by atoms with E-state index < -0.39 is 15.9 Å². The fraction of sp³-hybridized carbons (Fsp3) is 0.211. The number of rotatable bonds is 7. The molecule has 0 aromatic heterocycles. The fourth-order valence-electron chi connectivity index (χ4n) is 2.15. The third-order valence-electron chi connectivity index (χ3n) is 3.77. The van der Waals surface area contributed by atoms with Gasteiger partial charge >= 0.3 is 0 Å². The molecule has 0 aliphatic rings. The van der Waals surface area contributed by atoms with Crippen molar-refractivity contribution in [3.05, 3.63) is 59.7 Å². The first-order valence-corrected chi connectivity index (χ1v) is 9.67. The molecule has 0 heterocycles. The minimum Gasteiger partial charge on any atom is -0.482 e. The van der Waals surface area contributed by atoms with Gasteiger partial charge in [-0.25, -0.2) is 18.1 Å². The summed E-state index contributed by atoms with van der Waals surface area (Å²) in [7, 11) is -0.579. The lowest BCUT2D eigenvalue weighted by Crippen LogP contribution is -2.25. The summed E-state index contributed by atoms with van der Waals surface area (Å²) in [6, 6.07) is 14.8. The van der Waals surface area contributed by atoms with E-state index in [1.165, 1.54) is 26.2 Å². The standard InChI is InChI=1S/C19H20N4O4S/c1-14(15-8-10-17(11-9-15)28(25,26)23(2)3)21-22-19(24)13-27-18-7-5-4-6-16(18)12-20/h4-11H,13H2,1-3H3,(H,22,24)/b21-14-. The van der Waals surface area contributed by atoms with E-state index in [9.17, 15) is 13.2 Å². The van der Waals surface area contributed by atoms with E-state index in [0.717, 1.165) is 4.31 Å². The molecule has 0 bridgehead atoms. The lowest BCUT2D eigenvalue weighted by molar-refractivity contribution is -0.123. The Bertz CT molecular complexity index is 1020. The fourth-order valence-corrected chi connectivity index (χ4v) is 3.05. The molecule has 9 heteroatoms. The largest absolute Gasteiger partial charge is 0.482 e. The SMILES string of the molecule is C/C(=N/NC(=O)COc1ccccc1C#N)c1ccc(S(=O)(=O)N(C)C)cc1. The quantitative estimate of drug-likeness (QED) is 0.562. The Balaban J connectivity index is 1.98. The van der Waals surface area contributed by atoms with Crippen LogP contribution in [0.2, 0.25) is 0 Å². The molecular formula is C19H20N4O4S. The van der Waals surface area contributed by atoms with Gasteiger partial charge < -0.3 is 4.74 Å². The van der Waals surface area contributed by atoms with Gasteiger partial charge in [0.1, 0.15) is 11.8 Å². The molecule has 1 amide bonds. The molecule has 2 aromatic rings. The molecule has 0 saturated carbocycles. The number of carbonyl (C=O) groups excluding carboxylic acids is 1. The topological polar surface area (TPSA) is 112 Å². The van der Waals surface area contributed by atoms with Crippen LogP contribution in [0.15, 0.2) is 58.5 Å². The van der Waals surface area contributed by atoms with Crippen molar-refractivity contribution in [3.8, 4) is 11.8 Å². The van der Waals surface area contributed by atoms with Gasteiger partial charge in [0.25, 0.3) is 5.91 Å². The van der Waals surface area contributed by atoms with Crippen molar-refractivity contribution in [1.29, 1.82) is 5.26 Å². The summed E-state index contributed by atoms with van der Waals surface area (Å²) >= 11 is 0. The molecule has 0 atom stereocenters. The number of nitriles is 1. The lowest BCUT2D eigenvalue weighted by atomic mass is 10.1. The maximum Gasteiger partial charge on any atom is 0.277 e. The van der Waals surface area contributed by atoms with Gasteiger partial charge in [0.05, 0.1) is 16.2 Å². The molecule has 0 spiro atoms. The number of nitrogens with zero attached hydrogens (tertiary/aromatic N) is 3. The molecule has 146 valence electrons. The van der Waals surface area contributed by atoms with Crippen molar-refractivity contribution in [2.45, 2.75) is 11.8 Å². The average Bonchev–Trinajstić information content (AvgIpc) is 2.70. The smallest absolute Gasteiger partial charge is 0.277 e. The number of sulfonamides is 1. The lowest BCUT2D eigenvalue weighted by Gasteiger charge is -2.11. The van der Waals surface area contributed by atoms with E-state index in [4.69, 9.17) is 10.00 Å². The van der Waals surface area contributed by atoms with Crippen LogP contribution >= 0.6 is 0 Å². The number of para-hydroxylation sites is 1. The number of benzene rings is 2. The highest BCUT2D eigenvalue weighted by Gasteiger charge is 2.16. The molecule has 0 aliphatic heterocycles. The van der Waals surface area contributed by atoms with E-state index in [1.807, 2.05) is 6.07 Å². The van der Waals surface area contributed by atoms with E-state index >= 15 is 0 Å². The van der Waals surface area contributed by atoms with Gasteiger partial charge in [0, 0.05) is 14.1 Å². The van der Waals surface area contributed by atoms with Crippen LogP contribution in [0.5, 0.6) is 5.75 Å². The number of ether oxygens (including phenoxy) is 1. The van der Waals surface area contributed by atoms with Crippen molar-refractivity contribution < 1.29 is 17.9 Å². The third kappa shape index (κ3) is 5.16. The van der Waals surface area contributed by atoms with Crippen LogP contribution in [0.3, 0.4) is 0 Å². The second kappa shape index (κ2) is 9.12. The molecular weight excluding hydrogens is 380 g/mol. The minimum atomic E-state index is -3.50. The third-order valence-corrected chi connectivity index (χ3v) is 5.59. The molecule has 1 N–H and O–H groups in total. The highest BCUT2D eigenvalue weighted by Crippen LogP contribution is 2.16. The number of carbonyl (C=O) groups is 1. The Morgan fingerprint density at radius 1 is 1.18 bits per heavy atom. The van der Waals surface area contributed by atoms with Gasteiger partial charge in [-0.2, -0.15) is 10.4 Å². The maximum atomic E-state index is 12.1. The maximum absolute atomic E-state index is 12.1. The van der Waals surface area contributed by atoms with Gasteiger partial charge in [0.2, 0.25) is 10.0 Å². The Kier molecular flexibility index (Phi) is 6.87. The van der Waals surface area contributed by atoms with Crippen LogP contribution in [0.25, 0.3) is 0 Å². The Morgan fingerprint density at radius 3 is 2.43 bits per heavy atom. The summed E-state index contributed by atoms with van der Waals surface area (Å²) in [6.45, 7) is 1.39. The molecule has 0 unspecified atom stereocenters. The summed E-state index contributed by atoms with van der Waals surface area (Å²) in [5.74, 6) is -0.169. The van der Waals surface area contributed by atoms with Crippen molar-refractivity contribution >= 4 is 21.6 Å². The van der Waals surface area contributed by atoms with Crippen LogP contribution in [-0.4, -0.2) is 45.0 Å². The van der Waals surface area contributed by atoms with Crippen molar-refractivity contribution in [2.75, 3.05) is 20.7 Å². The molecule has 0 aliphatic carbocycles. The number of hydrazone groups is 1. The summed E-state index contributed by atoms with van der Waals surface area (Å²) in [5, 5.41) is 13.0. The van der Waals surface area contributed by atoms with Crippen LogP contribution in [0, 0.1) is 11.3 Å². The van der Waals surface area contributed by atoms with Gasteiger partial charge in [-0.1, -0.05) is 24.3 Å². The molecule has 8 nitrogen and oxygen atoms in total. The Morgan fingerprint density at radius 2 is 1.82 bits per heavy atom. The zero-order chi connectivity index (χ0) is 20.7. The second-order valence-corrected chi connectivity index (χ2v) is 8.09. The molecule has 0 radical (unpaired) electrons. The van der Waals surface area contributed by atoms with E-state index in [-0.39, 0.29) is 11.5 Å². The molecule has 2 aromatic carbocycles. The summed E-state index contributed by atoms with van der Waals surface area (Å²) < 4.78 is 30.6. The number of nitrogens with one attached hydrogen (secondary N) is 1. The highest BCUT2D eigenvalue weighted by molar-refractivity contribution is 7.89. The van der Waals surface area contributed by atoms with Crippen LogP contribution in [-0.2, 0) is 14.8 Å². The van der Waals surface area contributed by atoms with Gasteiger partial charge in [-0.05, 0) is 36.8 Å². The summed E-state index contributed by atoms with van der Waals surface area (Å²) in [5.41, 5.74) is 3.86. The van der Waals surface area contributed by atoms with Gasteiger partial charge in [-0.15, -0.1) is 0 Å². The monoisotopic (exact) mass is 400 g/mol.